The fourth-order valence-electron chi connectivity index (χ4n) is 2.04. The minimum absolute atomic E-state index is 0.212. The van der Waals surface area contributed by atoms with Gasteiger partial charge in [0.1, 0.15) is 12.4 Å². The zero-order valence-corrected chi connectivity index (χ0v) is 15.7. The summed E-state index contributed by atoms with van der Waals surface area (Å²) in [5.41, 5.74) is 1.65. The lowest BCUT2D eigenvalue weighted by molar-refractivity contribution is -0.128. The van der Waals surface area contributed by atoms with Crippen molar-refractivity contribution in [3.05, 3.63) is 63.6 Å². The maximum atomic E-state index is 11.5. The van der Waals surface area contributed by atoms with Crippen LogP contribution in [0, 0.1) is 11.3 Å². The number of benzene rings is 2. The second kappa shape index (κ2) is 9.81. The van der Waals surface area contributed by atoms with Crippen molar-refractivity contribution in [1.29, 1.82) is 5.26 Å². The van der Waals surface area contributed by atoms with Crippen LogP contribution in [-0.4, -0.2) is 23.7 Å². The second-order valence-corrected chi connectivity index (χ2v) is 6.23. The first kappa shape index (κ1) is 19.8. The van der Waals surface area contributed by atoms with Crippen molar-refractivity contribution in [2.45, 2.75) is 20.0 Å². The first-order valence-corrected chi connectivity index (χ1v) is 8.61. The highest BCUT2D eigenvalue weighted by molar-refractivity contribution is 6.35. The minimum atomic E-state index is -0.212. The van der Waals surface area contributed by atoms with Crippen molar-refractivity contribution < 1.29 is 9.53 Å². The molecule has 0 saturated heterocycles. The number of amides is 1. The zero-order chi connectivity index (χ0) is 18.9. The molecule has 2 aromatic carbocycles. The normalized spacial score (nSPS) is 10.5. The molecule has 0 radical (unpaired) electrons. The Balaban J connectivity index is 1.96. The Hall–Kier alpha value is -2.55. The van der Waals surface area contributed by atoms with E-state index in [9.17, 15) is 4.79 Å². The van der Waals surface area contributed by atoms with Crippen molar-refractivity contribution in [3.63, 3.8) is 0 Å². The van der Waals surface area contributed by atoms with Crippen LogP contribution in [0.4, 0.5) is 0 Å². The maximum Gasteiger partial charge on any atom is 0.239 e. The fourth-order valence-corrected chi connectivity index (χ4v) is 2.50. The number of rotatable bonds is 7. The van der Waals surface area contributed by atoms with Crippen LogP contribution in [0.25, 0.3) is 0 Å². The van der Waals surface area contributed by atoms with Crippen molar-refractivity contribution in [2.24, 2.45) is 5.10 Å². The quantitative estimate of drug-likeness (QED) is 0.510. The molecule has 2 aromatic rings. The summed E-state index contributed by atoms with van der Waals surface area (Å²) in [6.45, 7) is 2.01. The molecule has 0 aliphatic rings. The molecule has 7 heteroatoms. The molecule has 0 aromatic heterocycles. The third kappa shape index (κ3) is 6.07. The van der Waals surface area contributed by atoms with Crippen LogP contribution in [0.15, 0.2) is 47.6 Å². The highest BCUT2D eigenvalue weighted by Gasteiger charge is 2.05. The molecule has 0 aliphatic carbocycles. The second-order valence-electron chi connectivity index (χ2n) is 5.39. The van der Waals surface area contributed by atoms with Crippen molar-refractivity contribution in [3.8, 4) is 11.8 Å². The predicted molar refractivity (Wildman–Crippen MR) is 102 cm³/mol. The van der Waals surface area contributed by atoms with E-state index in [1.807, 2.05) is 24.3 Å². The van der Waals surface area contributed by atoms with Crippen LogP contribution < -0.4 is 4.74 Å². The number of carbonyl (C=O) groups is 1. The summed E-state index contributed by atoms with van der Waals surface area (Å²) in [7, 11) is 0. The standard InChI is InChI=1S/C19H17Cl2N3O2/c1-14(25)24(10-2-9-22)23-12-15-3-7-18(8-4-15)26-13-16-5-6-17(20)11-19(16)21/h3-8,11-12H,2,10,13H2,1H3. The summed E-state index contributed by atoms with van der Waals surface area (Å²) in [5.74, 6) is 0.470. The van der Waals surface area contributed by atoms with E-state index in [0.29, 0.717) is 22.4 Å². The molecule has 0 unspecified atom stereocenters. The zero-order valence-electron chi connectivity index (χ0n) is 14.2. The van der Waals surface area contributed by atoms with Crippen LogP contribution >= 0.6 is 23.2 Å². The number of nitriles is 1. The molecule has 0 spiro atoms. The molecule has 0 bridgehead atoms. The van der Waals surface area contributed by atoms with E-state index in [-0.39, 0.29) is 18.9 Å². The lowest BCUT2D eigenvalue weighted by Gasteiger charge is -2.12. The molecule has 2 rings (SSSR count). The Bertz CT molecular complexity index is 830. The summed E-state index contributed by atoms with van der Waals surface area (Å²) in [5, 5.41) is 15.1. The monoisotopic (exact) mass is 389 g/mol. The Labute approximate surface area is 162 Å². The Morgan fingerprint density at radius 3 is 2.62 bits per heavy atom. The van der Waals surface area contributed by atoms with Gasteiger partial charge in [-0.05, 0) is 42.0 Å². The van der Waals surface area contributed by atoms with Crippen molar-refractivity contribution >= 4 is 35.3 Å². The van der Waals surface area contributed by atoms with Gasteiger partial charge >= 0.3 is 0 Å². The molecule has 26 heavy (non-hydrogen) atoms. The number of ether oxygens (including phenoxy) is 1. The van der Waals surface area contributed by atoms with Gasteiger partial charge in [-0.25, -0.2) is 5.01 Å². The largest absolute Gasteiger partial charge is 0.489 e. The van der Waals surface area contributed by atoms with Crippen LogP contribution in [0.1, 0.15) is 24.5 Å². The van der Waals surface area contributed by atoms with Crippen molar-refractivity contribution in [1.82, 2.24) is 5.01 Å². The van der Waals surface area contributed by atoms with E-state index in [0.717, 1.165) is 11.1 Å². The highest BCUT2D eigenvalue weighted by Crippen LogP contribution is 2.22. The average molecular weight is 390 g/mol. The van der Waals surface area contributed by atoms with Crippen LogP contribution in [0.2, 0.25) is 10.0 Å². The van der Waals surface area contributed by atoms with Gasteiger partial charge < -0.3 is 4.74 Å². The summed E-state index contributed by atoms with van der Waals surface area (Å²) < 4.78 is 5.71. The molecular formula is C19H17Cl2N3O2. The molecule has 1 amide bonds. The van der Waals surface area contributed by atoms with Crippen molar-refractivity contribution in [2.75, 3.05) is 6.54 Å². The Kier molecular flexibility index (Phi) is 7.46. The number of hydrogen-bond donors (Lipinski definition) is 0. The van der Waals surface area contributed by atoms with Gasteiger partial charge in [-0.2, -0.15) is 10.4 Å². The molecule has 134 valence electrons. The number of hydrazone groups is 1. The van der Waals surface area contributed by atoms with Gasteiger partial charge in [-0.3, -0.25) is 4.79 Å². The van der Waals surface area contributed by atoms with Gasteiger partial charge in [0.15, 0.2) is 0 Å². The van der Waals surface area contributed by atoms with E-state index < -0.39 is 0 Å². The summed E-state index contributed by atoms with van der Waals surface area (Å²) in [6.07, 6.45) is 1.80. The van der Waals surface area contributed by atoms with E-state index in [1.165, 1.54) is 11.9 Å². The topological polar surface area (TPSA) is 65.7 Å². The van der Waals surface area contributed by atoms with Gasteiger partial charge in [0.2, 0.25) is 5.91 Å². The van der Waals surface area contributed by atoms with Gasteiger partial charge in [-0.15, -0.1) is 0 Å². The van der Waals surface area contributed by atoms with Crippen LogP contribution in [0.5, 0.6) is 5.75 Å². The molecule has 0 N–H and O–H groups in total. The third-order valence-corrected chi connectivity index (χ3v) is 4.02. The highest BCUT2D eigenvalue weighted by atomic mass is 35.5. The number of nitrogens with zero attached hydrogens (tertiary/aromatic N) is 3. The van der Waals surface area contributed by atoms with Crippen LogP contribution in [-0.2, 0) is 11.4 Å². The van der Waals surface area contributed by atoms with E-state index >= 15 is 0 Å². The Morgan fingerprint density at radius 1 is 1.27 bits per heavy atom. The van der Waals surface area contributed by atoms with Gasteiger partial charge in [0.25, 0.3) is 0 Å². The molecule has 0 atom stereocenters. The van der Waals surface area contributed by atoms with E-state index in [4.69, 9.17) is 33.2 Å². The third-order valence-electron chi connectivity index (χ3n) is 3.43. The van der Waals surface area contributed by atoms with E-state index in [2.05, 4.69) is 5.10 Å². The Morgan fingerprint density at radius 2 is 2.00 bits per heavy atom. The summed E-state index contributed by atoms with van der Waals surface area (Å²) >= 11 is 12.0. The van der Waals surface area contributed by atoms with Crippen LogP contribution in [0.3, 0.4) is 0 Å². The number of hydrogen-bond acceptors (Lipinski definition) is 4. The number of halogens is 2. The summed E-state index contributed by atoms with van der Waals surface area (Å²) in [6, 6.07) is 14.5. The summed E-state index contributed by atoms with van der Waals surface area (Å²) in [4.78, 5) is 11.5. The molecular weight excluding hydrogens is 373 g/mol. The minimum Gasteiger partial charge on any atom is -0.489 e. The number of carbonyl (C=O) groups excluding carboxylic acids is 1. The molecule has 5 nitrogen and oxygen atoms in total. The lowest BCUT2D eigenvalue weighted by atomic mass is 10.2. The maximum absolute atomic E-state index is 11.5. The molecule has 0 heterocycles. The van der Waals surface area contributed by atoms with E-state index in [1.54, 1.807) is 30.5 Å². The molecule has 0 saturated carbocycles. The average Bonchev–Trinajstić information content (AvgIpc) is 2.61. The SMILES string of the molecule is CC(=O)N(CCC#N)N=Cc1ccc(OCc2ccc(Cl)cc2Cl)cc1. The van der Waals surface area contributed by atoms with Gasteiger partial charge in [0, 0.05) is 22.5 Å². The smallest absolute Gasteiger partial charge is 0.239 e. The first-order chi connectivity index (χ1) is 12.5. The fraction of sp³-hybridized carbons (Fsp3) is 0.211. The first-order valence-electron chi connectivity index (χ1n) is 7.85. The molecule has 0 fully saturated rings. The predicted octanol–water partition coefficient (Wildman–Crippen LogP) is 4.67. The van der Waals surface area contributed by atoms with Gasteiger partial charge in [0.05, 0.1) is 25.2 Å². The van der Waals surface area contributed by atoms with Gasteiger partial charge in [-0.1, -0.05) is 29.3 Å². The lowest BCUT2D eigenvalue weighted by Crippen LogP contribution is -2.24. The molecule has 0 aliphatic heterocycles.